The SMILES string of the molecule is O=C(COc1ccc(-c2ccccc2)cc1)N/N=C/c1ccc(OC(=O)c2ccccc2)cc1OC(=O)c1ccccc1. The zero-order chi connectivity index (χ0) is 29.9. The molecule has 1 N–H and O–H groups in total. The second-order valence-corrected chi connectivity index (χ2v) is 9.18. The standard InChI is InChI=1S/C35H26N2O6/c38-33(24-41-30-19-16-26(17-20-30)25-10-4-1-5-11-25)37-36-23-29-18-21-31(42-34(39)27-12-6-2-7-13-27)22-32(29)43-35(40)28-14-8-3-9-15-28/h1-23H,24H2,(H,37,38)/b36-23+. The third kappa shape index (κ3) is 8.02. The van der Waals surface area contributed by atoms with Gasteiger partial charge in [-0.3, -0.25) is 4.79 Å². The first-order valence-electron chi connectivity index (χ1n) is 13.3. The van der Waals surface area contributed by atoms with Gasteiger partial charge in [-0.05, 0) is 59.7 Å². The Morgan fingerprint density at radius 3 is 1.77 bits per heavy atom. The van der Waals surface area contributed by atoms with Crippen LogP contribution < -0.4 is 19.6 Å². The number of esters is 2. The lowest BCUT2D eigenvalue weighted by Crippen LogP contribution is -2.24. The maximum Gasteiger partial charge on any atom is 0.343 e. The summed E-state index contributed by atoms with van der Waals surface area (Å²) in [6, 6.07) is 38.8. The van der Waals surface area contributed by atoms with E-state index in [-0.39, 0.29) is 18.1 Å². The molecule has 0 saturated carbocycles. The first-order valence-corrected chi connectivity index (χ1v) is 13.3. The lowest BCUT2D eigenvalue weighted by Gasteiger charge is -2.11. The van der Waals surface area contributed by atoms with E-state index in [0.29, 0.717) is 22.4 Å². The summed E-state index contributed by atoms with van der Waals surface area (Å²) in [7, 11) is 0. The minimum absolute atomic E-state index is 0.0833. The minimum atomic E-state index is -0.613. The summed E-state index contributed by atoms with van der Waals surface area (Å²) in [5, 5.41) is 3.98. The van der Waals surface area contributed by atoms with Crippen molar-refractivity contribution in [2.24, 2.45) is 5.10 Å². The van der Waals surface area contributed by atoms with Crippen LogP contribution in [0, 0.1) is 0 Å². The number of amides is 1. The van der Waals surface area contributed by atoms with Crippen LogP contribution in [0.15, 0.2) is 139 Å². The predicted molar refractivity (Wildman–Crippen MR) is 162 cm³/mol. The molecule has 0 spiro atoms. The van der Waals surface area contributed by atoms with Gasteiger partial charge >= 0.3 is 11.9 Å². The molecule has 0 atom stereocenters. The highest BCUT2D eigenvalue weighted by Gasteiger charge is 2.15. The molecule has 0 aliphatic carbocycles. The summed E-state index contributed by atoms with van der Waals surface area (Å²) in [6.45, 7) is -0.258. The molecule has 5 rings (SSSR count). The molecule has 0 unspecified atom stereocenters. The van der Waals surface area contributed by atoms with E-state index in [9.17, 15) is 14.4 Å². The number of hydrogen-bond acceptors (Lipinski definition) is 7. The summed E-state index contributed by atoms with van der Waals surface area (Å²) in [5.74, 6) is -0.881. The van der Waals surface area contributed by atoms with E-state index < -0.39 is 17.8 Å². The fraction of sp³-hybridized carbons (Fsp3) is 0.0286. The molecule has 0 aliphatic heterocycles. The van der Waals surface area contributed by atoms with Crippen molar-refractivity contribution in [3.63, 3.8) is 0 Å². The van der Waals surface area contributed by atoms with Crippen molar-refractivity contribution in [2.45, 2.75) is 0 Å². The van der Waals surface area contributed by atoms with Gasteiger partial charge in [0.2, 0.25) is 0 Å². The number of carbonyl (C=O) groups is 3. The fourth-order valence-electron chi connectivity index (χ4n) is 3.98. The molecule has 0 aromatic heterocycles. The Hall–Kier alpha value is -6.02. The molecule has 5 aromatic rings. The molecule has 1 amide bonds. The topological polar surface area (TPSA) is 103 Å². The van der Waals surface area contributed by atoms with Crippen molar-refractivity contribution in [1.82, 2.24) is 5.43 Å². The van der Waals surface area contributed by atoms with Crippen LogP contribution in [0.25, 0.3) is 11.1 Å². The van der Waals surface area contributed by atoms with Gasteiger partial charge in [0.05, 0.1) is 17.3 Å². The lowest BCUT2D eigenvalue weighted by molar-refractivity contribution is -0.123. The highest BCUT2D eigenvalue weighted by molar-refractivity contribution is 5.94. The van der Waals surface area contributed by atoms with Crippen LogP contribution in [0.5, 0.6) is 17.2 Å². The van der Waals surface area contributed by atoms with E-state index in [1.165, 1.54) is 18.3 Å². The Morgan fingerprint density at radius 1 is 0.605 bits per heavy atom. The van der Waals surface area contributed by atoms with Gasteiger partial charge in [-0.1, -0.05) is 78.9 Å². The van der Waals surface area contributed by atoms with Crippen molar-refractivity contribution in [3.8, 4) is 28.4 Å². The van der Waals surface area contributed by atoms with Crippen molar-refractivity contribution in [3.05, 3.63) is 150 Å². The quantitative estimate of drug-likeness (QED) is 0.0912. The van der Waals surface area contributed by atoms with Gasteiger partial charge in [-0.15, -0.1) is 0 Å². The molecule has 212 valence electrons. The van der Waals surface area contributed by atoms with Crippen LogP contribution in [0.1, 0.15) is 26.3 Å². The molecule has 0 fully saturated rings. The first kappa shape index (κ1) is 28.5. The van der Waals surface area contributed by atoms with Gasteiger partial charge < -0.3 is 14.2 Å². The average Bonchev–Trinajstić information content (AvgIpc) is 3.06. The van der Waals surface area contributed by atoms with Crippen molar-refractivity contribution in [2.75, 3.05) is 6.61 Å². The number of nitrogens with one attached hydrogen (secondary N) is 1. The molecule has 0 radical (unpaired) electrons. The Labute approximate surface area is 248 Å². The molecule has 0 saturated heterocycles. The summed E-state index contributed by atoms with van der Waals surface area (Å²) in [6.07, 6.45) is 1.32. The Balaban J connectivity index is 1.23. The van der Waals surface area contributed by atoms with Crippen molar-refractivity contribution >= 4 is 24.1 Å². The molecule has 43 heavy (non-hydrogen) atoms. The summed E-state index contributed by atoms with van der Waals surface area (Å²) in [5.41, 5.74) is 5.58. The molecule has 0 bridgehead atoms. The first-order chi connectivity index (χ1) is 21.0. The third-order valence-corrected chi connectivity index (χ3v) is 6.14. The van der Waals surface area contributed by atoms with E-state index in [0.717, 1.165) is 11.1 Å². The van der Waals surface area contributed by atoms with E-state index in [4.69, 9.17) is 14.2 Å². The molecular weight excluding hydrogens is 544 g/mol. The maximum atomic E-state index is 12.8. The molecule has 8 nitrogen and oxygen atoms in total. The van der Waals surface area contributed by atoms with Gasteiger partial charge in [0, 0.05) is 11.6 Å². The zero-order valence-corrected chi connectivity index (χ0v) is 22.9. The number of carbonyl (C=O) groups excluding carboxylic acids is 3. The fourth-order valence-corrected chi connectivity index (χ4v) is 3.98. The highest BCUT2D eigenvalue weighted by atomic mass is 16.5. The Bertz CT molecular complexity index is 1720. The summed E-state index contributed by atoms with van der Waals surface area (Å²) in [4.78, 5) is 37.7. The number of nitrogens with zero attached hydrogens (tertiary/aromatic N) is 1. The van der Waals surface area contributed by atoms with Crippen LogP contribution >= 0.6 is 0 Å². The molecular formula is C35H26N2O6. The number of rotatable bonds is 10. The van der Waals surface area contributed by atoms with E-state index in [1.807, 2.05) is 42.5 Å². The van der Waals surface area contributed by atoms with Crippen molar-refractivity contribution in [1.29, 1.82) is 0 Å². The Morgan fingerprint density at radius 2 is 1.14 bits per heavy atom. The van der Waals surface area contributed by atoms with Crippen molar-refractivity contribution < 1.29 is 28.6 Å². The van der Waals surface area contributed by atoms with E-state index in [2.05, 4.69) is 10.5 Å². The third-order valence-electron chi connectivity index (χ3n) is 6.14. The summed E-state index contributed by atoms with van der Waals surface area (Å²) >= 11 is 0. The lowest BCUT2D eigenvalue weighted by atomic mass is 10.1. The van der Waals surface area contributed by atoms with Crippen LogP contribution in [-0.2, 0) is 4.79 Å². The second-order valence-electron chi connectivity index (χ2n) is 9.18. The van der Waals surface area contributed by atoms with Gasteiger partial charge in [-0.2, -0.15) is 5.10 Å². The van der Waals surface area contributed by atoms with E-state index >= 15 is 0 Å². The van der Waals surface area contributed by atoms with Crippen LogP contribution in [0.2, 0.25) is 0 Å². The Kier molecular flexibility index (Phi) is 9.31. The second kappa shape index (κ2) is 14.0. The number of hydrazone groups is 1. The largest absolute Gasteiger partial charge is 0.484 e. The molecule has 0 heterocycles. The van der Waals surface area contributed by atoms with E-state index in [1.54, 1.807) is 78.9 Å². The van der Waals surface area contributed by atoms with Gasteiger partial charge in [0.15, 0.2) is 6.61 Å². The van der Waals surface area contributed by atoms with Gasteiger partial charge in [-0.25, -0.2) is 15.0 Å². The minimum Gasteiger partial charge on any atom is -0.484 e. The normalized spacial score (nSPS) is 10.6. The average molecular weight is 571 g/mol. The van der Waals surface area contributed by atoms with Gasteiger partial charge in [0.25, 0.3) is 5.91 Å². The summed E-state index contributed by atoms with van der Waals surface area (Å²) < 4.78 is 16.6. The smallest absolute Gasteiger partial charge is 0.343 e. The number of hydrogen-bond donors (Lipinski definition) is 1. The zero-order valence-electron chi connectivity index (χ0n) is 22.9. The molecule has 5 aromatic carbocycles. The van der Waals surface area contributed by atoms with Crippen LogP contribution in [0.3, 0.4) is 0 Å². The number of ether oxygens (including phenoxy) is 3. The van der Waals surface area contributed by atoms with Gasteiger partial charge in [0.1, 0.15) is 17.2 Å². The predicted octanol–water partition coefficient (Wildman–Crippen LogP) is 6.32. The maximum absolute atomic E-state index is 12.8. The molecule has 8 heteroatoms. The highest BCUT2D eigenvalue weighted by Crippen LogP contribution is 2.26. The molecule has 0 aliphatic rings. The number of benzene rings is 5. The van der Waals surface area contributed by atoms with Crippen LogP contribution in [0.4, 0.5) is 0 Å². The monoisotopic (exact) mass is 570 g/mol. The van der Waals surface area contributed by atoms with Crippen LogP contribution in [-0.4, -0.2) is 30.7 Å².